The van der Waals surface area contributed by atoms with Gasteiger partial charge in [0.1, 0.15) is 0 Å². The van der Waals surface area contributed by atoms with Gasteiger partial charge in [-0.1, -0.05) is 54.6 Å². The van der Waals surface area contributed by atoms with E-state index in [1.807, 2.05) is 54.6 Å². The highest BCUT2D eigenvalue weighted by Gasteiger charge is 2.15. The molecule has 0 bridgehead atoms. The molecule has 0 aliphatic heterocycles. The van der Waals surface area contributed by atoms with Crippen LogP contribution in [0.2, 0.25) is 0 Å². The molecule has 4 heteroatoms. The maximum Gasteiger partial charge on any atom is 0.248 e. The summed E-state index contributed by atoms with van der Waals surface area (Å²) >= 11 is 5.92. The Morgan fingerprint density at radius 2 is 1.46 bits per heavy atom. The number of alkyl halides is 1. The second-order valence-corrected chi connectivity index (χ2v) is 6.36. The molecule has 0 spiro atoms. The molecule has 128 valence electrons. The fourth-order valence-corrected chi connectivity index (χ4v) is 3.20. The van der Waals surface area contributed by atoms with Crippen LogP contribution in [0.15, 0.2) is 77.2 Å². The Morgan fingerprint density at radius 3 is 2.27 bits per heavy atom. The zero-order valence-electron chi connectivity index (χ0n) is 14.3. The molecule has 1 aromatic heterocycles. The van der Waals surface area contributed by atoms with Crippen molar-refractivity contribution < 1.29 is 4.42 Å². The van der Waals surface area contributed by atoms with Crippen LogP contribution in [0.3, 0.4) is 0 Å². The summed E-state index contributed by atoms with van der Waals surface area (Å²) in [7, 11) is 0. The van der Waals surface area contributed by atoms with Crippen LogP contribution in [0.4, 0.5) is 0 Å². The molecular formula is C22H17ClN2O. The van der Waals surface area contributed by atoms with Gasteiger partial charge in [0.05, 0.1) is 0 Å². The Hall–Kier alpha value is -2.91. The van der Waals surface area contributed by atoms with Crippen molar-refractivity contribution in [1.82, 2.24) is 10.2 Å². The number of nitrogens with zero attached hydrogens (tertiary/aromatic N) is 2. The van der Waals surface area contributed by atoms with E-state index >= 15 is 0 Å². The first-order valence-corrected chi connectivity index (χ1v) is 8.94. The molecule has 0 saturated carbocycles. The molecule has 3 nitrogen and oxygen atoms in total. The summed E-state index contributed by atoms with van der Waals surface area (Å²) in [4.78, 5) is 0. The molecule has 0 radical (unpaired) electrons. The van der Waals surface area contributed by atoms with Crippen molar-refractivity contribution in [2.24, 2.45) is 0 Å². The van der Waals surface area contributed by atoms with E-state index in [0.717, 1.165) is 27.8 Å². The van der Waals surface area contributed by atoms with Crippen molar-refractivity contribution in [2.75, 3.05) is 0 Å². The second-order valence-electron chi connectivity index (χ2n) is 6.09. The molecule has 4 rings (SSSR count). The van der Waals surface area contributed by atoms with Gasteiger partial charge in [0.25, 0.3) is 0 Å². The summed E-state index contributed by atoms with van der Waals surface area (Å²) in [6, 6.07) is 24.3. The molecule has 1 heterocycles. The standard InChI is InChI=1S/C22H17ClN2O/c1-15-19(17-8-3-2-4-9-17)11-6-12-20(15)22-25-24-21(26-22)18-10-5-7-16(13-18)14-23/h2-13H,14H2,1H3. The van der Waals surface area contributed by atoms with E-state index in [-0.39, 0.29) is 0 Å². The lowest BCUT2D eigenvalue weighted by molar-refractivity contribution is 0.584. The van der Waals surface area contributed by atoms with Gasteiger partial charge in [-0.15, -0.1) is 21.8 Å². The maximum atomic E-state index is 5.96. The number of benzene rings is 3. The average molecular weight is 361 g/mol. The maximum absolute atomic E-state index is 5.96. The van der Waals surface area contributed by atoms with Gasteiger partial charge in [-0.25, -0.2) is 0 Å². The van der Waals surface area contributed by atoms with Crippen molar-refractivity contribution in [3.05, 3.63) is 83.9 Å². The second kappa shape index (κ2) is 7.14. The Balaban J connectivity index is 1.74. The Bertz CT molecular complexity index is 1040. The lowest BCUT2D eigenvalue weighted by atomic mass is 9.96. The molecule has 0 fully saturated rings. The first kappa shape index (κ1) is 16.6. The first-order chi connectivity index (χ1) is 12.8. The molecule has 26 heavy (non-hydrogen) atoms. The number of halogens is 1. The van der Waals surface area contributed by atoms with Crippen LogP contribution in [-0.2, 0) is 5.88 Å². The average Bonchev–Trinajstić information content (AvgIpc) is 3.19. The predicted octanol–water partition coefficient (Wildman–Crippen LogP) is 6.12. The van der Waals surface area contributed by atoms with Crippen molar-refractivity contribution in [2.45, 2.75) is 12.8 Å². The van der Waals surface area contributed by atoms with E-state index in [1.165, 1.54) is 5.56 Å². The normalized spacial score (nSPS) is 10.8. The van der Waals surface area contributed by atoms with Gasteiger partial charge in [0, 0.05) is 17.0 Å². The molecule has 0 aliphatic rings. The summed E-state index contributed by atoms with van der Waals surface area (Å²) in [5.41, 5.74) is 6.28. The first-order valence-electron chi connectivity index (χ1n) is 8.40. The lowest BCUT2D eigenvalue weighted by Gasteiger charge is -2.09. The number of hydrogen-bond acceptors (Lipinski definition) is 3. The van der Waals surface area contributed by atoms with E-state index in [2.05, 4.69) is 35.3 Å². The van der Waals surface area contributed by atoms with Gasteiger partial charge >= 0.3 is 0 Å². The smallest absolute Gasteiger partial charge is 0.248 e. The van der Waals surface area contributed by atoms with Crippen molar-refractivity contribution in [3.8, 4) is 34.0 Å². The molecule has 0 amide bonds. The van der Waals surface area contributed by atoms with Crippen LogP contribution in [0.5, 0.6) is 0 Å². The van der Waals surface area contributed by atoms with Crippen molar-refractivity contribution >= 4 is 11.6 Å². The number of hydrogen-bond donors (Lipinski definition) is 0. The molecule has 0 aliphatic carbocycles. The van der Waals surface area contributed by atoms with Crippen LogP contribution in [0.1, 0.15) is 11.1 Å². The van der Waals surface area contributed by atoms with E-state index in [4.69, 9.17) is 16.0 Å². The zero-order valence-corrected chi connectivity index (χ0v) is 15.1. The summed E-state index contributed by atoms with van der Waals surface area (Å²) in [6.45, 7) is 2.08. The number of aromatic nitrogens is 2. The van der Waals surface area contributed by atoms with Crippen molar-refractivity contribution in [1.29, 1.82) is 0 Å². The summed E-state index contributed by atoms with van der Waals surface area (Å²) in [5.74, 6) is 1.47. The third kappa shape index (κ3) is 3.14. The van der Waals surface area contributed by atoms with Gasteiger partial charge in [0.2, 0.25) is 11.8 Å². The lowest BCUT2D eigenvalue weighted by Crippen LogP contribution is -1.88. The molecule has 0 N–H and O–H groups in total. The molecule has 4 aromatic rings. The monoisotopic (exact) mass is 360 g/mol. The van der Waals surface area contributed by atoms with Gasteiger partial charge < -0.3 is 4.42 Å². The molecule has 0 saturated heterocycles. The minimum atomic E-state index is 0.451. The van der Waals surface area contributed by atoms with E-state index < -0.39 is 0 Å². The Morgan fingerprint density at radius 1 is 0.769 bits per heavy atom. The van der Waals surface area contributed by atoms with Gasteiger partial charge in [-0.2, -0.15) is 0 Å². The highest BCUT2D eigenvalue weighted by atomic mass is 35.5. The third-order valence-corrected chi connectivity index (χ3v) is 4.71. The molecular weight excluding hydrogens is 344 g/mol. The fourth-order valence-electron chi connectivity index (χ4n) is 3.03. The van der Waals surface area contributed by atoms with Crippen LogP contribution in [0, 0.1) is 6.92 Å². The van der Waals surface area contributed by atoms with E-state index in [0.29, 0.717) is 17.7 Å². The summed E-state index contributed by atoms with van der Waals surface area (Å²) < 4.78 is 5.96. The molecule has 0 atom stereocenters. The molecule has 0 unspecified atom stereocenters. The topological polar surface area (TPSA) is 38.9 Å². The molecule has 3 aromatic carbocycles. The largest absolute Gasteiger partial charge is 0.416 e. The quantitative estimate of drug-likeness (QED) is 0.411. The van der Waals surface area contributed by atoms with E-state index in [1.54, 1.807) is 0 Å². The fraction of sp³-hybridized carbons (Fsp3) is 0.0909. The van der Waals surface area contributed by atoms with Crippen LogP contribution in [-0.4, -0.2) is 10.2 Å². The van der Waals surface area contributed by atoms with Crippen LogP contribution in [0.25, 0.3) is 34.0 Å². The SMILES string of the molecule is Cc1c(-c2ccccc2)cccc1-c1nnc(-c2cccc(CCl)c2)o1. The third-order valence-electron chi connectivity index (χ3n) is 4.40. The summed E-state index contributed by atoms with van der Waals surface area (Å²) in [6.07, 6.45) is 0. The van der Waals surface area contributed by atoms with Gasteiger partial charge in [-0.05, 0) is 47.4 Å². The van der Waals surface area contributed by atoms with Gasteiger partial charge in [0.15, 0.2) is 0 Å². The van der Waals surface area contributed by atoms with Gasteiger partial charge in [-0.3, -0.25) is 0 Å². The predicted molar refractivity (Wildman–Crippen MR) is 105 cm³/mol. The summed E-state index contributed by atoms with van der Waals surface area (Å²) in [5, 5.41) is 8.49. The highest BCUT2D eigenvalue weighted by Crippen LogP contribution is 2.32. The Kier molecular flexibility index (Phi) is 4.55. The van der Waals surface area contributed by atoms with Crippen LogP contribution < -0.4 is 0 Å². The van der Waals surface area contributed by atoms with Crippen molar-refractivity contribution in [3.63, 3.8) is 0 Å². The Labute approximate surface area is 157 Å². The minimum absolute atomic E-state index is 0.451. The van der Waals surface area contributed by atoms with Crippen LogP contribution >= 0.6 is 11.6 Å². The minimum Gasteiger partial charge on any atom is -0.416 e. The van der Waals surface area contributed by atoms with E-state index in [9.17, 15) is 0 Å². The number of rotatable bonds is 4. The zero-order chi connectivity index (χ0) is 17.9. The highest BCUT2D eigenvalue weighted by molar-refractivity contribution is 6.17.